The number of likely N-dealkylation sites (tertiary alicyclic amines) is 1. The maximum atomic E-state index is 12.6. The summed E-state index contributed by atoms with van der Waals surface area (Å²) < 4.78 is 0.950. The number of amides is 3. The molecule has 1 N–H and O–H groups in total. The Hall–Kier alpha value is -1.95. The summed E-state index contributed by atoms with van der Waals surface area (Å²) >= 11 is 3.39. The molecule has 0 unspecified atom stereocenters. The van der Waals surface area contributed by atoms with Crippen molar-refractivity contribution in [2.45, 2.75) is 19.8 Å². The predicted octanol–water partition coefficient (Wildman–Crippen LogP) is 2.89. The van der Waals surface area contributed by atoms with Crippen LogP contribution in [0.1, 0.15) is 18.4 Å². The molecule has 3 amide bonds. The molecule has 2 aliphatic carbocycles. The monoisotopic (exact) mass is 402 g/mol. The van der Waals surface area contributed by atoms with Crippen LogP contribution in [0, 0.1) is 30.6 Å². The molecule has 25 heavy (non-hydrogen) atoms. The third kappa shape index (κ3) is 2.72. The van der Waals surface area contributed by atoms with Gasteiger partial charge in [0.15, 0.2) is 0 Å². The van der Waals surface area contributed by atoms with Crippen LogP contribution >= 0.6 is 15.9 Å². The summed E-state index contributed by atoms with van der Waals surface area (Å²) in [5.41, 5.74) is 1.69. The fourth-order valence-electron chi connectivity index (χ4n) is 4.38. The lowest BCUT2D eigenvalue weighted by Gasteiger charge is -2.17. The van der Waals surface area contributed by atoms with Crippen molar-refractivity contribution in [2.24, 2.45) is 23.7 Å². The van der Waals surface area contributed by atoms with Gasteiger partial charge in [-0.15, -0.1) is 0 Å². The Morgan fingerprint density at radius 3 is 2.44 bits per heavy atom. The minimum absolute atomic E-state index is 0.0977. The highest BCUT2D eigenvalue weighted by molar-refractivity contribution is 9.10. The normalized spacial score (nSPS) is 29.4. The molecule has 4 atom stereocenters. The van der Waals surface area contributed by atoms with Crippen LogP contribution in [0.4, 0.5) is 5.69 Å². The van der Waals surface area contributed by atoms with Crippen LogP contribution in [-0.2, 0) is 14.4 Å². The van der Waals surface area contributed by atoms with Crippen LogP contribution in [0.5, 0.6) is 0 Å². The Morgan fingerprint density at radius 2 is 1.84 bits per heavy atom. The van der Waals surface area contributed by atoms with Gasteiger partial charge in [-0.25, -0.2) is 0 Å². The molecule has 0 radical (unpaired) electrons. The average Bonchev–Trinajstić information content (AvgIpc) is 3.23. The highest BCUT2D eigenvalue weighted by atomic mass is 79.9. The number of allylic oxidation sites excluding steroid dienone is 2. The first-order valence-corrected chi connectivity index (χ1v) is 9.34. The second kappa shape index (κ2) is 6.09. The second-order valence-electron chi connectivity index (χ2n) is 7.09. The maximum absolute atomic E-state index is 12.6. The van der Waals surface area contributed by atoms with Gasteiger partial charge in [0.1, 0.15) is 0 Å². The first-order chi connectivity index (χ1) is 12.0. The number of nitrogens with one attached hydrogen (secondary N) is 1. The number of nitrogens with zero attached hydrogens (tertiary/aromatic N) is 1. The topological polar surface area (TPSA) is 66.5 Å². The van der Waals surface area contributed by atoms with Crippen LogP contribution < -0.4 is 5.32 Å². The Bertz CT molecular complexity index is 774. The molecule has 1 saturated heterocycles. The van der Waals surface area contributed by atoms with Crippen molar-refractivity contribution in [1.29, 1.82) is 0 Å². The van der Waals surface area contributed by atoms with E-state index in [9.17, 15) is 14.4 Å². The molecule has 1 aromatic rings. The van der Waals surface area contributed by atoms with Crippen LogP contribution in [0.3, 0.4) is 0 Å². The highest BCUT2D eigenvalue weighted by Crippen LogP contribution is 2.52. The van der Waals surface area contributed by atoms with E-state index in [1.807, 2.05) is 25.1 Å². The number of halogens is 1. The zero-order valence-corrected chi connectivity index (χ0v) is 15.5. The van der Waals surface area contributed by atoms with E-state index in [0.29, 0.717) is 0 Å². The largest absolute Gasteiger partial charge is 0.326 e. The number of benzene rings is 1. The van der Waals surface area contributed by atoms with E-state index >= 15 is 0 Å². The van der Waals surface area contributed by atoms with Crippen LogP contribution in [0.15, 0.2) is 34.8 Å². The maximum Gasteiger partial charge on any atom is 0.233 e. The Labute approximate surface area is 154 Å². The fraction of sp³-hybridized carbons (Fsp3) is 0.421. The number of fused-ring (bicyclic) bond motifs is 5. The van der Waals surface area contributed by atoms with E-state index in [1.54, 1.807) is 0 Å². The molecule has 3 aliphatic rings. The molecule has 0 spiro atoms. The number of hydrogen-bond donors (Lipinski definition) is 1. The smallest absolute Gasteiger partial charge is 0.233 e. The summed E-state index contributed by atoms with van der Waals surface area (Å²) in [6, 6.07) is 5.62. The molecule has 1 heterocycles. The molecule has 2 fully saturated rings. The summed E-state index contributed by atoms with van der Waals surface area (Å²) in [5.74, 6) is -0.368. The van der Waals surface area contributed by atoms with Crippen molar-refractivity contribution in [3.63, 3.8) is 0 Å². The standard InChI is InChI=1S/C19H19BrN2O3/c1-10-8-13(20)4-5-14(10)21-15(23)6-7-22-18(24)16-11-2-3-12(9-11)17(16)19(22)25/h2-5,8,11-12,16-17H,6-7,9H2,1H3,(H,21,23)/t11-,12-,16+,17+/m0/s1. The fourth-order valence-corrected chi connectivity index (χ4v) is 4.85. The summed E-state index contributed by atoms with van der Waals surface area (Å²) in [7, 11) is 0. The van der Waals surface area contributed by atoms with Crippen molar-refractivity contribution in [3.8, 4) is 0 Å². The minimum atomic E-state index is -0.195. The zero-order chi connectivity index (χ0) is 17.7. The van der Waals surface area contributed by atoms with E-state index in [2.05, 4.69) is 33.4 Å². The lowest BCUT2D eigenvalue weighted by Crippen LogP contribution is -2.35. The zero-order valence-electron chi connectivity index (χ0n) is 13.9. The molecule has 1 aliphatic heterocycles. The summed E-state index contributed by atoms with van der Waals surface area (Å²) in [6.45, 7) is 2.07. The molecule has 5 nitrogen and oxygen atoms in total. The van der Waals surface area contributed by atoms with Gasteiger partial charge in [-0.3, -0.25) is 19.3 Å². The first-order valence-electron chi connectivity index (χ1n) is 8.55. The second-order valence-corrected chi connectivity index (χ2v) is 8.00. The molecule has 2 bridgehead atoms. The summed E-state index contributed by atoms with van der Waals surface area (Å²) in [6.07, 6.45) is 5.19. The van der Waals surface area contributed by atoms with Gasteiger partial charge < -0.3 is 5.32 Å². The molecule has 1 saturated carbocycles. The third-order valence-corrected chi connectivity index (χ3v) is 6.08. The van der Waals surface area contributed by atoms with E-state index in [4.69, 9.17) is 0 Å². The number of aryl methyl sites for hydroxylation is 1. The van der Waals surface area contributed by atoms with Gasteiger partial charge in [0.05, 0.1) is 11.8 Å². The number of anilines is 1. The van der Waals surface area contributed by atoms with Gasteiger partial charge in [0, 0.05) is 23.1 Å². The highest BCUT2D eigenvalue weighted by Gasteiger charge is 2.58. The number of hydrogen-bond acceptors (Lipinski definition) is 3. The van der Waals surface area contributed by atoms with E-state index in [-0.39, 0.29) is 54.4 Å². The quantitative estimate of drug-likeness (QED) is 0.621. The number of rotatable bonds is 4. The molecule has 6 heteroatoms. The van der Waals surface area contributed by atoms with Crippen molar-refractivity contribution < 1.29 is 14.4 Å². The van der Waals surface area contributed by atoms with E-state index in [0.717, 1.165) is 22.1 Å². The molecular weight excluding hydrogens is 384 g/mol. The molecule has 4 rings (SSSR count). The number of carbonyl (C=O) groups excluding carboxylic acids is 3. The molecule has 0 aromatic heterocycles. The Balaban J connectivity index is 1.38. The lowest BCUT2D eigenvalue weighted by atomic mass is 9.85. The van der Waals surface area contributed by atoms with E-state index in [1.165, 1.54) is 4.90 Å². The average molecular weight is 403 g/mol. The number of imide groups is 1. The van der Waals surface area contributed by atoms with Crippen LogP contribution in [0.2, 0.25) is 0 Å². The van der Waals surface area contributed by atoms with Gasteiger partial charge in [0.25, 0.3) is 0 Å². The molecule has 130 valence electrons. The van der Waals surface area contributed by atoms with Crippen molar-refractivity contribution in [2.75, 3.05) is 11.9 Å². The summed E-state index contributed by atoms with van der Waals surface area (Å²) in [4.78, 5) is 38.7. The van der Waals surface area contributed by atoms with Gasteiger partial charge in [-0.1, -0.05) is 28.1 Å². The van der Waals surface area contributed by atoms with Crippen LogP contribution in [-0.4, -0.2) is 29.2 Å². The van der Waals surface area contributed by atoms with Gasteiger partial charge >= 0.3 is 0 Å². The minimum Gasteiger partial charge on any atom is -0.326 e. The third-order valence-electron chi connectivity index (χ3n) is 5.59. The Morgan fingerprint density at radius 1 is 1.20 bits per heavy atom. The van der Waals surface area contributed by atoms with Gasteiger partial charge in [0.2, 0.25) is 17.7 Å². The summed E-state index contributed by atoms with van der Waals surface area (Å²) in [5, 5.41) is 2.85. The van der Waals surface area contributed by atoms with E-state index < -0.39 is 0 Å². The predicted molar refractivity (Wildman–Crippen MR) is 96.6 cm³/mol. The lowest BCUT2D eigenvalue weighted by molar-refractivity contribution is -0.140. The number of carbonyl (C=O) groups is 3. The SMILES string of the molecule is Cc1cc(Br)ccc1NC(=O)CCN1C(=O)[C@H]2[C@H](C1=O)[C@H]1C=C[C@H]2C1. The molecule has 1 aromatic carbocycles. The Kier molecular flexibility index (Phi) is 4.02. The first kappa shape index (κ1) is 16.5. The van der Waals surface area contributed by atoms with Crippen molar-refractivity contribution >= 4 is 39.3 Å². The van der Waals surface area contributed by atoms with Gasteiger partial charge in [-0.05, 0) is 48.9 Å². The van der Waals surface area contributed by atoms with Crippen molar-refractivity contribution in [3.05, 3.63) is 40.4 Å². The van der Waals surface area contributed by atoms with Crippen molar-refractivity contribution in [1.82, 2.24) is 4.90 Å². The van der Waals surface area contributed by atoms with Gasteiger partial charge in [-0.2, -0.15) is 0 Å². The molecular formula is C19H19BrN2O3. The van der Waals surface area contributed by atoms with Crippen LogP contribution in [0.25, 0.3) is 0 Å².